The number of rotatable bonds is 12. The summed E-state index contributed by atoms with van der Waals surface area (Å²) in [4.78, 5) is 12.0. The molecule has 0 atom stereocenters. The Morgan fingerprint density at radius 2 is 0.610 bits per heavy atom. The second-order valence-corrected chi connectivity index (χ2v) is 42.8. The Morgan fingerprint density at radius 3 is 0.979 bits per heavy atom. The molecule has 0 bridgehead atoms. The molecule has 9 aromatic carbocycles. The van der Waals surface area contributed by atoms with Crippen LogP contribution < -0.4 is 0 Å². The maximum absolute atomic E-state index is 12.7. The molecule has 141 heavy (non-hydrogen) atoms. The summed E-state index contributed by atoms with van der Waals surface area (Å²) in [5.74, 6) is 6.31. The lowest BCUT2D eigenvalue weighted by molar-refractivity contribution is 0.422. The van der Waals surface area contributed by atoms with Gasteiger partial charge in [0.2, 0.25) is 0 Å². The normalized spacial score (nSPS) is 10.8. The fraction of sp³-hybridized carbons (Fsp3) is 0.402. The highest BCUT2D eigenvalue weighted by atomic mass is 35.5. The van der Waals surface area contributed by atoms with Crippen molar-refractivity contribution in [3.05, 3.63) is 330 Å². The molecule has 0 saturated carbocycles. The SMILES string of the molecule is CC(C)c1cc(C(C)(C)C)c(O)c(C(C)(C)C)c1.CC(C)c1cc(Cl)c(O)c(Cl)c1.CC(C)c1cc(Cl)c(O)cn1.CC(C)c1ccc(O)c(C#N)c1.CC(C)c1ccc(O)c(Cl)c1.CC(C)c1ccc(O)c(Cl)n1.CC(C)c1ccc(O)c(F)c1.CC(C)c1ccc(O)cc1.CC(C)c1ccc(O)cc1Cl.CC(C)c1ccc(O)cn1.Cc1cc(C(C)C)cc(C)c1O.Cc1cc(C(C)C)cc(Cl)c1O. The van der Waals surface area contributed by atoms with Gasteiger partial charge < -0.3 is 61.3 Å². The van der Waals surface area contributed by atoms with Gasteiger partial charge in [-0.2, -0.15) is 5.26 Å². The van der Waals surface area contributed by atoms with Gasteiger partial charge in [-0.15, -0.1) is 0 Å². The predicted octanol–water partition coefficient (Wildman–Crippen LogP) is 36.5. The molecule has 3 aromatic heterocycles. The molecule has 12 rings (SSSR count). The second-order valence-electron chi connectivity index (χ2n) is 40.0. The van der Waals surface area contributed by atoms with Crippen LogP contribution in [-0.4, -0.2) is 76.2 Å². The molecular weight excluding hydrogens is 1920 g/mol. The van der Waals surface area contributed by atoms with Crippen molar-refractivity contribution in [2.75, 3.05) is 0 Å². The van der Waals surface area contributed by atoms with Crippen LogP contribution in [0.5, 0.6) is 69.0 Å². The molecule has 0 unspecified atom stereocenters. The lowest BCUT2D eigenvalue weighted by Crippen LogP contribution is -2.18. The lowest BCUT2D eigenvalue weighted by Gasteiger charge is -2.29. The average Bonchev–Trinajstić information content (AvgIpc) is 0.774. The van der Waals surface area contributed by atoms with Crippen molar-refractivity contribution in [1.29, 1.82) is 5.26 Å². The van der Waals surface area contributed by atoms with Crippen molar-refractivity contribution in [3.63, 3.8) is 0 Å². The third-order valence-electron chi connectivity index (χ3n) is 21.7. The molecule has 0 fully saturated rings. The Hall–Kier alpha value is -10.5. The third kappa shape index (κ3) is 46.2. The van der Waals surface area contributed by atoms with Gasteiger partial charge in [0.25, 0.3) is 0 Å². The number of nitrogens with zero attached hydrogens (tertiary/aromatic N) is 4. The van der Waals surface area contributed by atoms with Crippen LogP contribution in [0, 0.1) is 37.9 Å². The Bertz CT molecular complexity index is 5360. The van der Waals surface area contributed by atoms with Crippen molar-refractivity contribution in [1.82, 2.24) is 15.0 Å². The van der Waals surface area contributed by atoms with E-state index in [1.165, 1.54) is 41.2 Å². The van der Waals surface area contributed by atoms with Gasteiger partial charge in [0, 0.05) is 22.1 Å². The minimum Gasteiger partial charge on any atom is -0.508 e. The number of phenolic OH excluding ortho intramolecular Hbond substituents is 9. The quantitative estimate of drug-likeness (QED) is 0.0506. The maximum Gasteiger partial charge on any atom is 0.171 e. The second kappa shape index (κ2) is 61.5. The van der Waals surface area contributed by atoms with Crippen LogP contribution in [0.4, 0.5) is 4.39 Å². The van der Waals surface area contributed by atoms with Crippen LogP contribution in [0.25, 0.3) is 0 Å². The summed E-state index contributed by atoms with van der Waals surface area (Å²) in [7, 11) is 0. The molecule has 0 aliphatic heterocycles. The minimum absolute atomic E-state index is 0.0328. The van der Waals surface area contributed by atoms with Gasteiger partial charge in [-0.3, -0.25) is 9.97 Å². The lowest BCUT2D eigenvalue weighted by atomic mass is 9.77. The van der Waals surface area contributed by atoms with Gasteiger partial charge in [0.05, 0.1) is 43.1 Å². The Morgan fingerprint density at radius 1 is 0.270 bits per heavy atom. The molecule has 24 heteroatoms. The predicted molar refractivity (Wildman–Crippen MR) is 591 cm³/mol. The smallest absolute Gasteiger partial charge is 0.171 e. The summed E-state index contributed by atoms with van der Waals surface area (Å²) in [5.41, 5.74) is 18.2. The standard InChI is InChI=1S/C17H28O.C11H16O.C10H13ClO.C10H11NO.C9H10Cl2O.2C9H11ClO.C9H11FO.C9H12O.2C8H10ClNO.C8H11NO/c1-11(2)12-9-13(16(3,4)5)15(18)14(10-12)17(6,7)8;1-7(2)10-5-8(3)11(12)9(4)6-10;1-6(2)8-4-7(3)10(12)9(11)5-8;1-7(2)8-3-4-10(12)9(5-8)6-11;1-5(2)6-3-7(10)9(12)8(11)4-6;1-6(2)8-4-3-7(11)5-9(8)10;2*1-6(2)7-3-4-9(11)8(10)5-7;1-7(2)8-3-5-9(10)6-4-8;1-5(2)7-3-6(9)8(11)4-10-7;1-5(2)6-3-4-7(11)8(9)10-6;1-6(2)8-4-3-7(10)5-9-8/h9-11,18H,1-8H3;5-7,12H,1-4H3;4-6,12H,1-3H3;3-5,7,12H,1-2H3;3-5,12H,1-2H3;3*3-6,11H,1-2H3;3-7,10H,1-2H3;2*3-5,11H,1-2H3;3-6,10H,1-2H3. The first-order valence-electron chi connectivity index (χ1n) is 47.3. The minimum atomic E-state index is -0.545. The van der Waals surface area contributed by atoms with Gasteiger partial charge in [0.1, 0.15) is 52.1 Å². The van der Waals surface area contributed by atoms with Gasteiger partial charge >= 0.3 is 0 Å². The van der Waals surface area contributed by atoms with E-state index in [1.54, 1.807) is 91.0 Å². The van der Waals surface area contributed by atoms with Crippen LogP contribution in [0.3, 0.4) is 0 Å². The van der Waals surface area contributed by atoms with Crippen molar-refractivity contribution in [2.45, 2.75) is 310 Å². The number of benzene rings is 9. The van der Waals surface area contributed by atoms with Crippen molar-refractivity contribution < 1.29 is 65.7 Å². The Kier molecular flexibility index (Phi) is 56.0. The summed E-state index contributed by atoms with van der Waals surface area (Å²) in [6, 6.07) is 53.4. The number of nitriles is 1. The number of hydrogen-bond acceptors (Lipinski definition) is 16. The number of phenols is 9. The zero-order chi connectivity index (χ0) is 109. The van der Waals surface area contributed by atoms with Gasteiger partial charge in [-0.05, 0) is 290 Å². The highest BCUT2D eigenvalue weighted by Crippen LogP contribution is 2.43. The summed E-state index contributed by atoms with van der Waals surface area (Å²) >= 11 is 40.1. The summed E-state index contributed by atoms with van der Waals surface area (Å²) < 4.78 is 12.7. The van der Waals surface area contributed by atoms with E-state index in [-0.39, 0.29) is 67.7 Å². The third-order valence-corrected chi connectivity index (χ3v) is 23.8. The van der Waals surface area contributed by atoms with Gasteiger partial charge in [-0.1, -0.05) is 356 Å². The fourth-order valence-electron chi connectivity index (χ4n) is 12.3. The molecular formula is C117H154Cl7FN4O12. The molecule has 12 N–H and O–H groups in total. The molecule has 0 amide bonds. The first-order chi connectivity index (χ1) is 65.1. The summed E-state index contributed by atoms with van der Waals surface area (Å²) in [6.45, 7) is 68.5. The van der Waals surface area contributed by atoms with Gasteiger partial charge in [-0.25, -0.2) is 9.37 Å². The first-order valence-corrected chi connectivity index (χ1v) is 49.9. The van der Waals surface area contributed by atoms with Crippen molar-refractivity contribution in [2.24, 2.45) is 0 Å². The first kappa shape index (κ1) is 128. The number of aromatic hydroxyl groups is 12. The number of aromatic nitrogens is 3. The molecule has 0 aliphatic carbocycles. The number of aryl methyl sites for hydroxylation is 3. The highest BCUT2D eigenvalue weighted by Gasteiger charge is 2.27. The van der Waals surface area contributed by atoms with E-state index in [0.717, 1.165) is 78.3 Å². The molecule has 3 heterocycles. The highest BCUT2D eigenvalue weighted by molar-refractivity contribution is 6.37. The molecule has 16 nitrogen and oxygen atoms in total. The van der Waals surface area contributed by atoms with Crippen LogP contribution in [0.2, 0.25) is 35.3 Å². The van der Waals surface area contributed by atoms with E-state index in [1.807, 2.05) is 157 Å². The molecule has 0 radical (unpaired) electrons. The molecule has 0 spiro atoms. The Balaban J connectivity index is 0.000000771. The van der Waals surface area contributed by atoms with Crippen molar-refractivity contribution >= 4 is 81.2 Å². The van der Waals surface area contributed by atoms with E-state index < -0.39 is 5.82 Å². The van der Waals surface area contributed by atoms with Crippen LogP contribution >= 0.6 is 81.2 Å². The Labute approximate surface area is 876 Å². The molecule has 0 aliphatic rings. The van der Waals surface area contributed by atoms with Crippen LogP contribution in [-0.2, 0) is 10.8 Å². The van der Waals surface area contributed by atoms with E-state index in [2.05, 4.69) is 166 Å². The van der Waals surface area contributed by atoms with Gasteiger partial charge in [0.15, 0.2) is 34.0 Å². The van der Waals surface area contributed by atoms with E-state index >= 15 is 0 Å². The van der Waals surface area contributed by atoms with E-state index in [4.69, 9.17) is 122 Å². The molecule has 0 saturated heterocycles. The molecule has 770 valence electrons. The average molecular weight is 2080 g/mol. The maximum atomic E-state index is 12.7. The van der Waals surface area contributed by atoms with Crippen LogP contribution in [0.15, 0.2) is 188 Å². The fourth-order valence-corrected chi connectivity index (χ4v) is 14.0. The monoisotopic (exact) mass is 2070 g/mol. The summed E-state index contributed by atoms with van der Waals surface area (Å²) in [5, 5.41) is 122. The van der Waals surface area contributed by atoms with Crippen LogP contribution in [0.1, 0.15) is 379 Å². The largest absolute Gasteiger partial charge is 0.508 e. The van der Waals surface area contributed by atoms with E-state index in [9.17, 15) is 29.9 Å². The van der Waals surface area contributed by atoms with E-state index in [0.29, 0.717) is 124 Å². The summed E-state index contributed by atoms with van der Waals surface area (Å²) in [6.07, 6.45) is 2.84. The number of hydrogen-bond donors (Lipinski definition) is 12. The molecule has 12 aromatic rings. The topological polar surface area (TPSA) is 305 Å². The zero-order valence-electron chi connectivity index (χ0n) is 88.5. The number of pyridine rings is 3. The zero-order valence-corrected chi connectivity index (χ0v) is 93.8. The van der Waals surface area contributed by atoms with Crippen molar-refractivity contribution in [3.8, 4) is 75.1 Å². The number of halogens is 8.